The van der Waals surface area contributed by atoms with Crippen molar-refractivity contribution in [1.29, 1.82) is 5.26 Å². The second-order valence-electron chi connectivity index (χ2n) is 6.56. The standard InChI is InChI=1S/C20H14F3N3O3/c1-10-7-15(28-2)16(12-5-6-25-17(10)12)19(27,20(21,22)23)18-26-13-8-11(9-24)3-4-14(13)29-18/h3-8,25,27H,1-2H3. The Kier molecular flexibility index (Phi) is 4.06. The largest absolute Gasteiger partial charge is 0.496 e. The van der Waals surface area contributed by atoms with E-state index in [1.54, 1.807) is 6.92 Å². The summed E-state index contributed by atoms with van der Waals surface area (Å²) < 4.78 is 53.5. The number of aromatic nitrogens is 2. The molecule has 2 aromatic heterocycles. The van der Waals surface area contributed by atoms with E-state index < -0.39 is 23.2 Å². The summed E-state index contributed by atoms with van der Waals surface area (Å²) in [5.74, 6) is -1.12. The van der Waals surface area contributed by atoms with Crippen molar-refractivity contribution in [2.24, 2.45) is 0 Å². The van der Waals surface area contributed by atoms with Crippen LogP contribution in [-0.4, -0.2) is 28.4 Å². The molecule has 4 rings (SSSR count). The number of nitriles is 1. The zero-order valence-corrected chi connectivity index (χ0v) is 15.3. The topological polar surface area (TPSA) is 95.1 Å². The monoisotopic (exact) mass is 401 g/mol. The van der Waals surface area contributed by atoms with Crippen molar-refractivity contribution in [3.05, 3.63) is 59.1 Å². The van der Waals surface area contributed by atoms with Crippen molar-refractivity contribution in [2.45, 2.75) is 18.7 Å². The fourth-order valence-electron chi connectivity index (χ4n) is 3.43. The maximum atomic E-state index is 14.3. The highest BCUT2D eigenvalue weighted by Crippen LogP contribution is 2.50. The van der Waals surface area contributed by atoms with Gasteiger partial charge in [-0.2, -0.15) is 18.4 Å². The molecule has 0 amide bonds. The van der Waals surface area contributed by atoms with Crippen molar-refractivity contribution in [1.82, 2.24) is 9.97 Å². The molecule has 2 heterocycles. The van der Waals surface area contributed by atoms with E-state index in [1.807, 2.05) is 6.07 Å². The summed E-state index contributed by atoms with van der Waals surface area (Å²) in [5, 5.41) is 20.2. The van der Waals surface area contributed by atoms with E-state index in [9.17, 15) is 18.3 Å². The lowest BCUT2D eigenvalue weighted by Crippen LogP contribution is -2.44. The number of nitrogens with zero attached hydrogens (tertiary/aromatic N) is 2. The van der Waals surface area contributed by atoms with Crippen LogP contribution in [0, 0.1) is 18.3 Å². The third kappa shape index (κ3) is 2.64. The quantitative estimate of drug-likeness (QED) is 0.534. The van der Waals surface area contributed by atoms with Gasteiger partial charge in [-0.3, -0.25) is 0 Å². The molecule has 0 aliphatic carbocycles. The molecule has 0 bridgehead atoms. The lowest BCUT2D eigenvalue weighted by atomic mass is 9.88. The van der Waals surface area contributed by atoms with Gasteiger partial charge in [-0.15, -0.1) is 0 Å². The molecule has 0 saturated heterocycles. The number of ether oxygens (including phenoxy) is 1. The Balaban J connectivity index is 2.09. The Morgan fingerprint density at radius 2 is 2.00 bits per heavy atom. The van der Waals surface area contributed by atoms with Crippen LogP contribution in [0.4, 0.5) is 13.2 Å². The van der Waals surface area contributed by atoms with E-state index in [-0.39, 0.29) is 27.8 Å². The first-order chi connectivity index (χ1) is 13.7. The van der Waals surface area contributed by atoms with Crippen LogP contribution in [-0.2, 0) is 5.60 Å². The van der Waals surface area contributed by atoms with Crippen LogP contribution < -0.4 is 4.74 Å². The van der Waals surface area contributed by atoms with Crippen LogP contribution >= 0.6 is 0 Å². The number of benzene rings is 2. The first kappa shape index (κ1) is 18.8. The minimum Gasteiger partial charge on any atom is -0.496 e. The first-order valence-electron chi connectivity index (χ1n) is 8.46. The van der Waals surface area contributed by atoms with Crippen molar-refractivity contribution in [3.63, 3.8) is 0 Å². The van der Waals surface area contributed by atoms with Gasteiger partial charge in [-0.05, 0) is 42.8 Å². The van der Waals surface area contributed by atoms with Gasteiger partial charge in [0, 0.05) is 17.1 Å². The number of nitrogens with one attached hydrogen (secondary N) is 1. The number of alkyl halides is 3. The molecule has 0 saturated carbocycles. The van der Waals surface area contributed by atoms with Crippen LogP contribution in [0.2, 0.25) is 0 Å². The third-order valence-electron chi connectivity index (χ3n) is 4.82. The summed E-state index contributed by atoms with van der Waals surface area (Å²) >= 11 is 0. The van der Waals surface area contributed by atoms with E-state index in [0.717, 1.165) is 0 Å². The predicted octanol–water partition coefficient (Wildman–Crippen LogP) is 4.30. The molecule has 0 spiro atoms. The van der Waals surface area contributed by atoms with Crippen LogP contribution in [0.5, 0.6) is 5.75 Å². The summed E-state index contributed by atoms with van der Waals surface area (Å²) in [5.41, 5.74) is -2.80. The number of fused-ring (bicyclic) bond motifs is 2. The molecule has 0 radical (unpaired) electrons. The molecule has 6 nitrogen and oxygen atoms in total. The Hall–Kier alpha value is -3.51. The molecule has 4 aromatic rings. The second kappa shape index (κ2) is 6.25. The molecular weight excluding hydrogens is 387 g/mol. The number of aliphatic hydroxyl groups is 1. The van der Waals surface area contributed by atoms with Gasteiger partial charge in [0.1, 0.15) is 11.3 Å². The van der Waals surface area contributed by atoms with Gasteiger partial charge in [0.15, 0.2) is 5.58 Å². The zero-order chi connectivity index (χ0) is 21.0. The molecule has 2 aromatic carbocycles. The zero-order valence-electron chi connectivity index (χ0n) is 15.3. The number of rotatable bonds is 3. The smallest absolute Gasteiger partial charge is 0.430 e. The van der Waals surface area contributed by atoms with E-state index in [4.69, 9.17) is 14.4 Å². The number of methoxy groups -OCH3 is 1. The van der Waals surface area contributed by atoms with Crippen LogP contribution in [0.1, 0.15) is 22.6 Å². The van der Waals surface area contributed by atoms with Crippen LogP contribution in [0.15, 0.2) is 40.9 Å². The van der Waals surface area contributed by atoms with Crippen molar-refractivity contribution in [2.75, 3.05) is 7.11 Å². The number of hydrogen-bond donors (Lipinski definition) is 2. The lowest BCUT2D eigenvalue weighted by Gasteiger charge is -2.30. The molecule has 0 aliphatic rings. The lowest BCUT2D eigenvalue weighted by molar-refractivity contribution is -0.255. The fraction of sp³-hybridized carbons (Fsp3) is 0.200. The Morgan fingerprint density at radius 1 is 1.24 bits per heavy atom. The summed E-state index contributed by atoms with van der Waals surface area (Å²) in [6, 6.07) is 8.72. The van der Waals surface area contributed by atoms with E-state index in [2.05, 4.69) is 9.97 Å². The second-order valence-corrected chi connectivity index (χ2v) is 6.56. The fourth-order valence-corrected chi connectivity index (χ4v) is 3.43. The number of halogens is 3. The van der Waals surface area contributed by atoms with Gasteiger partial charge in [-0.25, -0.2) is 4.98 Å². The molecule has 9 heteroatoms. The molecule has 0 fully saturated rings. The average Bonchev–Trinajstić information content (AvgIpc) is 3.33. The summed E-state index contributed by atoms with van der Waals surface area (Å²) in [4.78, 5) is 6.75. The van der Waals surface area contributed by atoms with E-state index in [1.165, 1.54) is 43.6 Å². The normalized spacial score (nSPS) is 14.1. The van der Waals surface area contributed by atoms with Crippen molar-refractivity contribution >= 4 is 22.0 Å². The van der Waals surface area contributed by atoms with E-state index >= 15 is 0 Å². The van der Waals surface area contributed by atoms with Gasteiger partial charge < -0.3 is 19.2 Å². The summed E-state index contributed by atoms with van der Waals surface area (Å²) in [7, 11) is 1.22. The molecule has 29 heavy (non-hydrogen) atoms. The van der Waals surface area contributed by atoms with Crippen LogP contribution in [0.25, 0.3) is 22.0 Å². The maximum Gasteiger partial charge on any atom is 0.430 e. The summed E-state index contributed by atoms with van der Waals surface area (Å²) in [6.45, 7) is 1.71. The van der Waals surface area contributed by atoms with Gasteiger partial charge in [0.2, 0.25) is 5.89 Å². The number of H-pyrrole nitrogens is 1. The third-order valence-corrected chi connectivity index (χ3v) is 4.82. The van der Waals surface area contributed by atoms with E-state index in [0.29, 0.717) is 11.1 Å². The Bertz CT molecular complexity index is 1280. The van der Waals surface area contributed by atoms with Gasteiger partial charge in [0.05, 0.1) is 24.3 Å². The Labute approximate surface area is 162 Å². The molecule has 1 unspecified atom stereocenters. The minimum absolute atomic E-state index is 0.0121. The Morgan fingerprint density at radius 3 is 2.66 bits per heavy atom. The number of hydrogen-bond acceptors (Lipinski definition) is 5. The SMILES string of the molecule is COc1cc(C)c2[nH]ccc2c1C(O)(c1nc2cc(C#N)ccc2o1)C(F)(F)F. The molecule has 148 valence electrons. The van der Waals surface area contributed by atoms with Gasteiger partial charge in [0.25, 0.3) is 5.60 Å². The molecule has 1 atom stereocenters. The number of oxazole rings is 1. The van der Waals surface area contributed by atoms with Crippen molar-refractivity contribution in [3.8, 4) is 11.8 Å². The van der Waals surface area contributed by atoms with Crippen molar-refractivity contribution < 1.29 is 27.4 Å². The highest BCUT2D eigenvalue weighted by Gasteiger charge is 2.62. The number of aromatic amines is 1. The summed E-state index contributed by atoms with van der Waals surface area (Å²) in [6.07, 6.45) is -3.71. The predicted molar refractivity (Wildman–Crippen MR) is 97.4 cm³/mol. The number of aryl methyl sites for hydroxylation is 1. The molecule has 0 aliphatic heterocycles. The van der Waals surface area contributed by atoms with Gasteiger partial charge >= 0.3 is 6.18 Å². The minimum atomic E-state index is -5.18. The van der Waals surface area contributed by atoms with Gasteiger partial charge in [-0.1, -0.05) is 0 Å². The molecular formula is C20H14F3N3O3. The van der Waals surface area contributed by atoms with Crippen LogP contribution in [0.3, 0.4) is 0 Å². The highest BCUT2D eigenvalue weighted by molar-refractivity contribution is 5.89. The maximum absolute atomic E-state index is 14.3. The first-order valence-corrected chi connectivity index (χ1v) is 8.46. The average molecular weight is 401 g/mol. The highest BCUT2D eigenvalue weighted by atomic mass is 19.4. The molecule has 2 N–H and O–H groups in total.